The standard InChI is InChI=1S/C18H23N3O2/c1-13-5-4-6-14(9-13)11-20-18(19)21-12-15-7-8-16(22-2)17(10-15)23-3/h4-10H,11-12H2,1-3H3,(H3,19,20,21). The number of methoxy groups -OCH3 is 2. The Labute approximate surface area is 137 Å². The Morgan fingerprint density at radius 1 is 1.04 bits per heavy atom. The summed E-state index contributed by atoms with van der Waals surface area (Å²) in [6, 6.07) is 14.0. The van der Waals surface area contributed by atoms with Gasteiger partial charge in [-0.25, -0.2) is 4.99 Å². The zero-order chi connectivity index (χ0) is 16.7. The highest BCUT2D eigenvalue weighted by Crippen LogP contribution is 2.27. The van der Waals surface area contributed by atoms with Crippen LogP contribution in [0.3, 0.4) is 0 Å². The van der Waals surface area contributed by atoms with Gasteiger partial charge in [-0.1, -0.05) is 35.9 Å². The molecule has 0 fully saturated rings. The van der Waals surface area contributed by atoms with Gasteiger partial charge in [0.2, 0.25) is 0 Å². The molecule has 0 heterocycles. The third-order valence-corrected chi connectivity index (χ3v) is 3.44. The van der Waals surface area contributed by atoms with Crippen LogP contribution in [0.1, 0.15) is 16.7 Å². The normalized spacial score (nSPS) is 11.2. The summed E-state index contributed by atoms with van der Waals surface area (Å²) in [6.45, 7) is 3.20. The minimum Gasteiger partial charge on any atom is -0.493 e. The van der Waals surface area contributed by atoms with E-state index in [4.69, 9.17) is 15.2 Å². The van der Waals surface area contributed by atoms with Crippen LogP contribution in [-0.2, 0) is 13.1 Å². The van der Waals surface area contributed by atoms with E-state index in [0.29, 0.717) is 30.5 Å². The van der Waals surface area contributed by atoms with Crippen LogP contribution in [0, 0.1) is 6.92 Å². The van der Waals surface area contributed by atoms with Crippen LogP contribution in [0.25, 0.3) is 0 Å². The van der Waals surface area contributed by atoms with Gasteiger partial charge in [0.15, 0.2) is 17.5 Å². The summed E-state index contributed by atoms with van der Waals surface area (Å²) in [5, 5.41) is 3.10. The number of rotatable bonds is 6. The third-order valence-electron chi connectivity index (χ3n) is 3.44. The number of aryl methyl sites for hydroxylation is 1. The fourth-order valence-corrected chi connectivity index (χ4v) is 2.23. The lowest BCUT2D eigenvalue weighted by atomic mass is 10.1. The average molecular weight is 313 g/mol. The van der Waals surface area contributed by atoms with Gasteiger partial charge in [0.1, 0.15) is 0 Å². The molecule has 0 spiro atoms. The fourth-order valence-electron chi connectivity index (χ4n) is 2.23. The van der Waals surface area contributed by atoms with Crippen LogP contribution < -0.4 is 20.5 Å². The molecule has 23 heavy (non-hydrogen) atoms. The Kier molecular flexibility index (Phi) is 5.86. The lowest BCUT2D eigenvalue weighted by Crippen LogP contribution is -2.31. The molecule has 0 aromatic heterocycles. The maximum atomic E-state index is 5.92. The van der Waals surface area contributed by atoms with E-state index in [1.54, 1.807) is 14.2 Å². The van der Waals surface area contributed by atoms with Crippen molar-refractivity contribution in [1.82, 2.24) is 5.32 Å². The molecule has 0 atom stereocenters. The Balaban J connectivity index is 1.93. The largest absolute Gasteiger partial charge is 0.493 e. The lowest BCUT2D eigenvalue weighted by Gasteiger charge is -2.10. The van der Waals surface area contributed by atoms with Crippen LogP contribution >= 0.6 is 0 Å². The number of aliphatic imine (C=N–C) groups is 1. The number of hydrogen-bond donors (Lipinski definition) is 2. The quantitative estimate of drug-likeness (QED) is 0.635. The van der Waals surface area contributed by atoms with Crippen molar-refractivity contribution in [2.75, 3.05) is 14.2 Å². The second-order valence-electron chi connectivity index (χ2n) is 5.23. The van der Waals surface area contributed by atoms with Crippen molar-refractivity contribution in [3.05, 3.63) is 59.2 Å². The maximum Gasteiger partial charge on any atom is 0.189 e. The molecule has 122 valence electrons. The monoisotopic (exact) mass is 313 g/mol. The minimum absolute atomic E-state index is 0.418. The lowest BCUT2D eigenvalue weighted by molar-refractivity contribution is 0.354. The summed E-state index contributed by atoms with van der Waals surface area (Å²) in [7, 11) is 3.23. The van der Waals surface area contributed by atoms with Crippen molar-refractivity contribution in [1.29, 1.82) is 0 Å². The minimum atomic E-state index is 0.418. The number of hydrogen-bond acceptors (Lipinski definition) is 3. The molecule has 0 radical (unpaired) electrons. The van der Waals surface area contributed by atoms with E-state index in [0.717, 1.165) is 11.1 Å². The van der Waals surface area contributed by atoms with Gasteiger partial charge < -0.3 is 20.5 Å². The van der Waals surface area contributed by atoms with Crippen LogP contribution in [0.2, 0.25) is 0 Å². The van der Waals surface area contributed by atoms with Gasteiger partial charge in [0.05, 0.1) is 20.8 Å². The van der Waals surface area contributed by atoms with Crippen LogP contribution in [0.4, 0.5) is 0 Å². The van der Waals surface area contributed by atoms with Gasteiger partial charge in [0, 0.05) is 6.54 Å². The third kappa shape index (κ3) is 4.92. The van der Waals surface area contributed by atoms with E-state index in [1.807, 2.05) is 30.3 Å². The molecule has 0 aliphatic heterocycles. The summed E-state index contributed by atoms with van der Waals surface area (Å²) < 4.78 is 10.5. The van der Waals surface area contributed by atoms with Gasteiger partial charge >= 0.3 is 0 Å². The van der Waals surface area contributed by atoms with Crippen LogP contribution in [-0.4, -0.2) is 20.2 Å². The van der Waals surface area contributed by atoms with Crippen molar-refractivity contribution in [3.63, 3.8) is 0 Å². The Morgan fingerprint density at radius 2 is 1.83 bits per heavy atom. The summed E-state index contributed by atoms with van der Waals surface area (Å²) in [5.41, 5.74) is 9.31. The molecule has 2 rings (SSSR count). The molecule has 0 unspecified atom stereocenters. The second-order valence-corrected chi connectivity index (χ2v) is 5.23. The summed E-state index contributed by atoms with van der Waals surface area (Å²) in [4.78, 5) is 4.35. The summed E-state index contributed by atoms with van der Waals surface area (Å²) in [5.74, 6) is 1.82. The number of benzene rings is 2. The summed E-state index contributed by atoms with van der Waals surface area (Å²) in [6.07, 6.45) is 0. The Hall–Kier alpha value is -2.69. The number of ether oxygens (including phenoxy) is 2. The molecule has 0 aliphatic rings. The first kappa shape index (κ1) is 16.7. The second kappa shape index (κ2) is 8.08. The molecule has 2 aromatic rings. The molecule has 0 bridgehead atoms. The van der Waals surface area contributed by atoms with Crippen molar-refractivity contribution in [2.45, 2.75) is 20.0 Å². The van der Waals surface area contributed by atoms with Gasteiger partial charge in [0.25, 0.3) is 0 Å². The first-order valence-corrected chi connectivity index (χ1v) is 7.42. The molecular weight excluding hydrogens is 290 g/mol. The van der Waals surface area contributed by atoms with E-state index < -0.39 is 0 Å². The molecule has 0 aliphatic carbocycles. The predicted octanol–water partition coefficient (Wildman–Crippen LogP) is 2.62. The molecule has 3 N–H and O–H groups in total. The molecule has 2 aromatic carbocycles. The van der Waals surface area contributed by atoms with Crippen molar-refractivity contribution in [3.8, 4) is 11.5 Å². The van der Waals surface area contributed by atoms with Crippen LogP contribution in [0.15, 0.2) is 47.5 Å². The zero-order valence-electron chi connectivity index (χ0n) is 13.8. The first-order chi connectivity index (χ1) is 11.1. The highest BCUT2D eigenvalue weighted by Gasteiger charge is 2.04. The molecule has 0 saturated heterocycles. The summed E-state index contributed by atoms with van der Waals surface area (Å²) >= 11 is 0. The van der Waals surface area contributed by atoms with Crippen molar-refractivity contribution >= 4 is 5.96 Å². The zero-order valence-corrected chi connectivity index (χ0v) is 13.8. The van der Waals surface area contributed by atoms with Crippen molar-refractivity contribution in [2.24, 2.45) is 10.7 Å². The molecule has 0 saturated carbocycles. The SMILES string of the molecule is COc1ccc(CNC(N)=NCc2cccc(C)c2)cc1OC. The van der Waals surface area contributed by atoms with E-state index >= 15 is 0 Å². The van der Waals surface area contributed by atoms with E-state index in [-0.39, 0.29) is 0 Å². The highest BCUT2D eigenvalue weighted by atomic mass is 16.5. The van der Waals surface area contributed by atoms with Crippen molar-refractivity contribution < 1.29 is 9.47 Å². The number of nitrogens with one attached hydrogen (secondary N) is 1. The Bertz CT molecular complexity index is 684. The molecule has 5 nitrogen and oxygen atoms in total. The van der Waals surface area contributed by atoms with Gasteiger partial charge in [-0.05, 0) is 30.2 Å². The van der Waals surface area contributed by atoms with Gasteiger partial charge in [-0.15, -0.1) is 0 Å². The first-order valence-electron chi connectivity index (χ1n) is 7.42. The molecule has 0 amide bonds. The van der Waals surface area contributed by atoms with E-state index in [1.165, 1.54) is 5.56 Å². The van der Waals surface area contributed by atoms with E-state index in [2.05, 4.69) is 29.4 Å². The molecular formula is C18H23N3O2. The molecule has 5 heteroatoms. The average Bonchev–Trinajstić information content (AvgIpc) is 2.57. The topological polar surface area (TPSA) is 68.9 Å². The van der Waals surface area contributed by atoms with Gasteiger partial charge in [-0.3, -0.25) is 0 Å². The van der Waals surface area contributed by atoms with E-state index in [9.17, 15) is 0 Å². The smallest absolute Gasteiger partial charge is 0.189 e. The fraction of sp³-hybridized carbons (Fsp3) is 0.278. The Morgan fingerprint density at radius 3 is 2.52 bits per heavy atom. The highest BCUT2D eigenvalue weighted by molar-refractivity contribution is 5.77. The van der Waals surface area contributed by atoms with Crippen LogP contribution in [0.5, 0.6) is 11.5 Å². The number of nitrogens with two attached hydrogens (primary N) is 1. The van der Waals surface area contributed by atoms with Gasteiger partial charge in [-0.2, -0.15) is 0 Å². The predicted molar refractivity (Wildman–Crippen MR) is 92.9 cm³/mol. The maximum absolute atomic E-state index is 5.92. The number of guanidine groups is 1. The number of nitrogens with zero attached hydrogens (tertiary/aromatic N) is 1.